The minimum absolute atomic E-state index is 0.0943. The zero-order valence-corrected chi connectivity index (χ0v) is 30.3. The summed E-state index contributed by atoms with van der Waals surface area (Å²) < 4.78 is 8.44. The number of aliphatic imine (C=N–C) groups is 2. The van der Waals surface area contributed by atoms with E-state index in [4.69, 9.17) is 14.4 Å². The molecule has 0 radical (unpaired) electrons. The number of para-hydroxylation sites is 3. The first-order chi connectivity index (χ1) is 27.7. The number of rotatable bonds is 6. The van der Waals surface area contributed by atoms with Crippen LogP contribution >= 0.6 is 0 Å². The highest BCUT2D eigenvalue weighted by Crippen LogP contribution is 2.34. The summed E-state index contributed by atoms with van der Waals surface area (Å²) in [5.41, 5.74) is 11.8. The van der Waals surface area contributed by atoms with Gasteiger partial charge in [-0.25, -0.2) is 9.98 Å². The van der Waals surface area contributed by atoms with Crippen LogP contribution in [0.25, 0.3) is 71.7 Å². The number of fused-ring (bicyclic) bond motifs is 6. The normalized spacial score (nSPS) is 12.0. The first kappa shape index (κ1) is 33.0. The molecule has 5 nitrogen and oxygen atoms in total. The van der Waals surface area contributed by atoms with Crippen LogP contribution in [0, 0.1) is 5.41 Å². The summed E-state index contributed by atoms with van der Waals surface area (Å²) in [7, 11) is 0. The lowest BCUT2D eigenvalue weighted by Gasteiger charge is -2.09. The molecule has 264 valence electrons. The van der Waals surface area contributed by atoms with E-state index in [1.807, 2.05) is 54.7 Å². The molecule has 2 heterocycles. The molecule has 10 rings (SSSR count). The second kappa shape index (κ2) is 14.0. The third kappa shape index (κ3) is 6.07. The van der Waals surface area contributed by atoms with Gasteiger partial charge in [-0.15, -0.1) is 0 Å². The number of hydrogen-bond acceptors (Lipinski definition) is 2. The van der Waals surface area contributed by atoms with Gasteiger partial charge < -0.3 is 8.98 Å². The molecule has 10 aromatic rings. The van der Waals surface area contributed by atoms with Crippen molar-refractivity contribution in [2.75, 3.05) is 0 Å². The van der Waals surface area contributed by atoms with Crippen molar-refractivity contribution in [3.05, 3.63) is 211 Å². The van der Waals surface area contributed by atoms with Crippen LogP contribution in [0.5, 0.6) is 0 Å². The molecule has 0 aliphatic heterocycles. The van der Waals surface area contributed by atoms with Crippen LogP contribution in [-0.4, -0.2) is 22.5 Å². The van der Waals surface area contributed by atoms with Crippen molar-refractivity contribution in [1.29, 1.82) is 5.41 Å². The van der Waals surface area contributed by atoms with Crippen LogP contribution in [0.2, 0.25) is 0 Å². The number of aromatic nitrogens is 1. The number of benzene rings is 8. The third-order valence-electron chi connectivity index (χ3n) is 10.4. The first-order valence-corrected chi connectivity index (χ1v) is 18.6. The van der Waals surface area contributed by atoms with Crippen LogP contribution in [0.15, 0.2) is 209 Å². The van der Waals surface area contributed by atoms with Crippen molar-refractivity contribution in [2.24, 2.45) is 9.98 Å². The highest BCUT2D eigenvalue weighted by atomic mass is 16.3. The Labute approximate surface area is 323 Å². The Bertz CT molecular complexity index is 3130. The molecule has 8 aromatic carbocycles. The van der Waals surface area contributed by atoms with E-state index in [0.717, 1.165) is 66.3 Å². The van der Waals surface area contributed by atoms with Crippen molar-refractivity contribution in [1.82, 2.24) is 4.57 Å². The Hall–Kier alpha value is -7.63. The van der Waals surface area contributed by atoms with Crippen LogP contribution < -0.4 is 0 Å². The molecule has 0 fully saturated rings. The fourth-order valence-electron chi connectivity index (χ4n) is 7.58. The molecule has 0 aliphatic carbocycles. The maximum Gasteiger partial charge on any atom is 0.161 e. The number of hydrogen-bond donors (Lipinski definition) is 1. The van der Waals surface area contributed by atoms with Crippen LogP contribution in [0.4, 0.5) is 0 Å². The van der Waals surface area contributed by atoms with Crippen molar-refractivity contribution in [3.63, 3.8) is 0 Å². The fourth-order valence-corrected chi connectivity index (χ4v) is 7.58. The van der Waals surface area contributed by atoms with Gasteiger partial charge in [0.1, 0.15) is 11.2 Å². The number of nitrogens with zero attached hydrogens (tertiary/aromatic N) is 3. The summed E-state index contributed by atoms with van der Waals surface area (Å²) in [5, 5.41) is 13.6. The predicted octanol–water partition coefficient (Wildman–Crippen LogP) is 12.9. The average Bonchev–Trinajstić information content (AvgIpc) is 3.81. The Morgan fingerprint density at radius 3 is 1.88 bits per heavy atom. The van der Waals surface area contributed by atoms with E-state index in [9.17, 15) is 5.41 Å². The summed E-state index contributed by atoms with van der Waals surface area (Å²) in [6.07, 6.45) is 1.83. The van der Waals surface area contributed by atoms with E-state index in [-0.39, 0.29) is 5.84 Å². The van der Waals surface area contributed by atoms with Gasteiger partial charge in [0.2, 0.25) is 0 Å². The lowest BCUT2D eigenvalue weighted by molar-refractivity contribution is 0.669. The molecule has 56 heavy (non-hydrogen) atoms. The number of furan rings is 1. The first-order valence-electron chi connectivity index (χ1n) is 18.6. The quantitative estimate of drug-likeness (QED) is 0.135. The smallest absolute Gasteiger partial charge is 0.161 e. The minimum Gasteiger partial charge on any atom is -0.456 e. The Morgan fingerprint density at radius 2 is 1.07 bits per heavy atom. The fraction of sp³-hybridized carbons (Fsp3) is 0. The number of nitrogens with one attached hydrogen (secondary N) is 1. The molecule has 5 heteroatoms. The second-order valence-corrected chi connectivity index (χ2v) is 13.8. The van der Waals surface area contributed by atoms with Crippen LogP contribution in [0.3, 0.4) is 0 Å². The van der Waals surface area contributed by atoms with Crippen molar-refractivity contribution in [3.8, 4) is 27.9 Å². The third-order valence-corrected chi connectivity index (χ3v) is 10.4. The van der Waals surface area contributed by atoms with Gasteiger partial charge in [-0.3, -0.25) is 5.41 Å². The molecule has 0 unspecified atom stereocenters. The van der Waals surface area contributed by atoms with E-state index in [2.05, 4.69) is 150 Å². The molecule has 0 saturated carbocycles. The Kier molecular flexibility index (Phi) is 8.23. The van der Waals surface area contributed by atoms with E-state index in [0.29, 0.717) is 11.4 Å². The lowest BCUT2D eigenvalue weighted by atomic mass is 9.98. The van der Waals surface area contributed by atoms with Gasteiger partial charge in [0.25, 0.3) is 0 Å². The molecule has 0 amide bonds. The molecule has 0 aliphatic rings. The molecule has 1 N–H and O–H groups in total. The zero-order chi connectivity index (χ0) is 37.4. The van der Waals surface area contributed by atoms with E-state index in [1.165, 1.54) is 16.5 Å². The van der Waals surface area contributed by atoms with Crippen LogP contribution in [0.1, 0.15) is 16.7 Å². The largest absolute Gasteiger partial charge is 0.456 e. The molecule has 0 bridgehead atoms. The van der Waals surface area contributed by atoms with Gasteiger partial charge in [-0.1, -0.05) is 146 Å². The highest BCUT2D eigenvalue weighted by molar-refractivity contribution is 6.17. The van der Waals surface area contributed by atoms with Gasteiger partial charge in [-0.05, 0) is 76.3 Å². The van der Waals surface area contributed by atoms with Crippen molar-refractivity contribution < 1.29 is 4.42 Å². The average molecular weight is 719 g/mol. The topological polar surface area (TPSA) is 66.6 Å². The van der Waals surface area contributed by atoms with E-state index in [1.54, 1.807) is 0 Å². The standard InChI is InChI=1S/C51H34N4O/c52-50(39-26-29-45-44-19-8-10-21-48(44)56-49(45)32-39)54-51(40-27-28-43-42-18-7-9-20-46(42)55(47(43)31-40)41-16-5-2-6-17-41)53-33-34-22-24-36(25-23-34)38-15-11-14-37(30-38)35-12-3-1-4-13-35/h1-33,52H/b52-50?,53-33+,54-51-. The highest BCUT2D eigenvalue weighted by Gasteiger charge is 2.16. The van der Waals surface area contributed by atoms with Gasteiger partial charge in [0.05, 0.1) is 11.0 Å². The molecular weight excluding hydrogens is 685 g/mol. The molecule has 0 atom stereocenters. The summed E-state index contributed by atoms with van der Waals surface area (Å²) in [5.74, 6) is 0.531. The summed E-state index contributed by atoms with van der Waals surface area (Å²) >= 11 is 0. The minimum atomic E-state index is 0.0943. The lowest BCUT2D eigenvalue weighted by Crippen LogP contribution is -2.05. The summed E-state index contributed by atoms with van der Waals surface area (Å²) in [4.78, 5) is 9.91. The Morgan fingerprint density at radius 1 is 0.464 bits per heavy atom. The number of amidine groups is 2. The molecular formula is C51H34N4O. The van der Waals surface area contributed by atoms with Crippen LogP contribution in [-0.2, 0) is 0 Å². The summed E-state index contributed by atoms with van der Waals surface area (Å²) in [6, 6.07) is 66.4. The van der Waals surface area contributed by atoms with Gasteiger partial charge >= 0.3 is 0 Å². The summed E-state index contributed by atoms with van der Waals surface area (Å²) in [6.45, 7) is 0. The van der Waals surface area contributed by atoms with E-state index < -0.39 is 0 Å². The maximum atomic E-state index is 9.22. The molecule has 2 aromatic heterocycles. The second-order valence-electron chi connectivity index (χ2n) is 13.8. The SMILES string of the molecule is N=C(/N=C(\N=C\c1ccc(-c2cccc(-c3ccccc3)c2)cc1)c1ccc2c3ccccc3n(-c3ccccc3)c2c1)c1ccc2c(c1)oc1ccccc12. The van der Waals surface area contributed by atoms with E-state index >= 15 is 0 Å². The predicted molar refractivity (Wildman–Crippen MR) is 233 cm³/mol. The maximum absolute atomic E-state index is 9.22. The van der Waals surface area contributed by atoms with Crippen molar-refractivity contribution in [2.45, 2.75) is 0 Å². The van der Waals surface area contributed by atoms with Gasteiger partial charge in [-0.2, -0.15) is 0 Å². The van der Waals surface area contributed by atoms with Gasteiger partial charge in [0, 0.05) is 44.6 Å². The van der Waals surface area contributed by atoms with Gasteiger partial charge in [0.15, 0.2) is 11.7 Å². The molecule has 0 spiro atoms. The monoisotopic (exact) mass is 718 g/mol. The van der Waals surface area contributed by atoms with Crippen molar-refractivity contribution >= 4 is 61.6 Å². The molecule has 0 saturated heterocycles. The Balaban J connectivity index is 1.05. The zero-order valence-electron chi connectivity index (χ0n) is 30.3.